The largest absolute Gasteiger partial charge is 0.258 e. The molecule has 1 aliphatic rings. The Bertz CT molecular complexity index is 1510. The Morgan fingerprint density at radius 3 is 2.54 bits per heavy atom. The van der Waals surface area contributed by atoms with Gasteiger partial charge in [-0.15, -0.1) is 0 Å². The highest BCUT2D eigenvalue weighted by Gasteiger charge is 2.27. The van der Waals surface area contributed by atoms with Gasteiger partial charge >= 0.3 is 0 Å². The van der Waals surface area contributed by atoms with Crippen molar-refractivity contribution < 1.29 is 4.21 Å². The normalized spacial score (nSPS) is 15.3. The van der Waals surface area contributed by atoms with Crippen molar-refractivity contribution in [2.45, 2.75) is 23.8 Å². The Labute approximate surface area is 163 Å². The van der Waals surface area contributed by atoms with E-state index in [0.29, 0.717) is 5.03 Å². The van der Waals surface area contributed by atoms with Crippen LogP contribution in [0.3, 0.4) is 0 Å². The quantitative estimate of drug-likeness (QED) is 0.344. The average Bonchev–Trinajstić information content (AvgIpc) is 2.71. The Kier molecular flexibility index (Phi) is 3.07. The van der Waals surface area contributed by atoms with E-state index >= 15 is 0 Å². The molecule has 0 spiro atoms. The molecule has 2 aromatic carbocycles. The van der Waals surface area contributed by atoms with E-state index in [2.05, 4.69) is 39.2 Å². The van der Waals surface area contributed by atoms with Gasteiger partial charge in [-0.25, -0.2) is 9.19 Å². The van der Waals surface area contributed by atoms with E-state index in [1.165, 1.54) is 0 Å². The van der Waals surface area contributed by atoms with E-state index in [-0.39, 0.29) is 0 Å². The highest BCUT2D eigenvalue weighted by atomic mass is 32.2. The van der Waals surface area contributed by atoms with Crippen LogP contribution in [0.25, 0.3) is 43.6 Å². The first-order valence-electron chi connectivity index (χ1n) is 9.13. The van der Waals surface area contributed by atoms with Crippen LogP contribution in [0.4, 0.5) is 0 Å². The lowest BCUT2D eigenvalue weighted by molar-refractivity contribution is 0.680. The van der Waals surface area contributed by atoms with E-state index in [9.17, 15) is 4.21 Å². The third-order valence-electron chi connectivity index (χ3n) is 5.54. The maximum atomic E-state index is 13.4. The second kappa shape index (κ2) is 5.42. The maximum absolute atomic E-state index is 13.4. The minimum absolute atomic E-state index is 0.587. The van der Waals surface area contributed by atoms with Crippen LogP contribution in [0.5, 0.6) is 0 Å². The van der Waals surface area contributed by atoms with Crippen LogP contribution < -0.4 is 0 Å². The SMILES string of the molecule is Cc1cc2c(ccc3c4ccnc5c4c(cc23)S(=O)c2ncccc2-5)c(C)n1. The lowest BCUT2D eigenvalue weighted by Gasteiger charge is -2.20. The first-order valence-corrected chi connectivity index (χ1v) is 10.3. The van der Waals surface area contributed by atoms with Gasteiger partial charge in [-0.3, -0.25) is 9.97 Å². The van der Waals surface area contributed by atoms with Crippen LogP contribution in [0.1, 0.15) is 11.4 Å². The maximum Gasteiger partial charge on any atom is 0.141 e. The van der Waals surface area contributed by atoms with Crippen molar-refractivity contribution in [3.8, 4) is 11.3 Å². The summed E-state index contributed by atoms with van der Waals surface area (Å²) in [7, 11) is -1.34. The first-order chi connectivity index (χ1) is 13.6. The van der Waals surface area contributed by atoms with Crippen LogP contribution in [-0.2, 0) is 10.8 Å². The van der Waals surface area contributed by atoms with E-state index in [0.717, 1.165) is 59.9 Å². The van der Waals surface area contributed by atoms with Gasteiger partial charge in [0.05, 0.1) is 10.6 Å². The van der Waals surface area contributed by atoms with Gasteiger partial charge in [0.25, 0.3) is 0 Å². The van der Waals surface area contributed by atoms with E-state index in [4.69, 9.17) is 0 Å². The summed E-state index contributed by atoms with van der Waals surface area (Å²) in [5.41, 5.74) is 3.71. The van der Waals surface area contributed by atoms with Crippen LogP contribution >= 0.6 is 0 Å². The Morgan fingerprint density at radius 1 is 0.821 bits per heavy atom. The molecule has 4 nitrogen and oxygen atoms in total. The summed E-state index contributed by atoms with van der Waals surface area (Å²) < 4.78 is 13.4. The fourth-order valence-corrected chi connectivity index (χ4v) is 5.72. The smallest absolute Gasteiger partial charge is 0.141 e. The molecule has 5 aromatic rings. The topological polar surface area (TPSA) is 55.7 Å². The second-order valence-electron chi connectivity index (χ2n) is 7.19. The molecule has 0 aliphatic carbocycles. The second-order valence-corrected chi connectivity index (χ2v) is 8.55. The summed E-state index contributed by atoms with van der Waals surface area (Å²) in [5, 5.41) is 7.14. The first kappa shape index (κ1) is 15.8. The Hall–Kier alpha value is -3.18. The lowest BCUT2D eigenvalue weighted by atomic mass is 9.95. The molecule has 0 radical (unpaired) electrons. The molecule has 0 saturated heterocycles. The fraction of sp³-hybridized carbons (Fsp3) is 0.0870. The van der Waals surface area contributed by atoms with Gasteiger partial charge in [0.1, 0.15) is 15.8 Å². The molecular weight excluding hydrogens is 366 g/mol. The molecule has 0 N–H and O–H groups in total. The summed E-state index contributed by atoms with van der Waals surface area (Å²) in [6.07, 6.45) is 3.52. The minimum Gasteiger partial charge on any atom is -0.258 e. The molecule has 6 rings (SSSR count). The number of hydrogen-bond acceptors (Lipinski definition) is 4. The molecular formula is C23H15N3OS. The molecule has 0 bridgehead atoms. The van der Waals surface area contributed by atoms with Gasteiger partial charge in [-0.2, -0.15) is 0 Å². The third kappa shape index (κ3) is 1.94. The van der Waals surface area contributed by atoms with E-state index in [1.807, 2.05) is 38.2 Å². The number of pyridine rings is 3. The van der Waals surface area contributed by atoms with Gasteiger partial charge in [-0.05, 0) is 65.7 Å². The van der Waals surface area contributed by atoms with E-state index < -0.39 is 10.8 Å². The zero-order valence-corrected chi connectivity index (χ0v) is 16.2. The van der Waals surface area contributed by atoms with Crippen LogP contribution in [-0.4, -0.2) is 19.2 Å². The van der Waals surface area contributed by atoms with Crippen LogP contribution in [0, 0.1) is 13.8 Å². The molecule has 134 valence electrons. The van der Waals surface area contributed by atoms with Gasteiger partial charge < -0.3 is 0 Å². The number of benzene rings is 2. The number of aryl methyl sites for hydroxylation is 2. The number of aromatic nitrogens is 3. The molecule has 1 unspecified atom stereocenters. The van der Waals surface area contributed by atoms with Crippen molar-refractivity contribution in [3.63, 3.8) is 0 Å². The molecule has 0 fully saturated rings. The van der Waals surface area contributed by atoms with Crippen molar-refractivity contribution in [3.05, 3.63) is 66.2 Å². The van der Waals surface area contributed by atoms with Gasteiger partial charge in [0.2, 0.25) is 0 Å². The summed E-state index contributed by atoms with van der Waals surface area (Å²) >= 11 is 0. The number of nitrogens with zero attached hydrogens (tertiary/aromatic N) is 3. The average molecular weight is 381 g/mol. The summed E-state index contributed by atoms with van der Waals surface area (Å²) in [6.45, 7) is 4.04. The van der Waals surface area contributed by atoms with Gasteiger partial charge in [0, 0.05) is 40.1 Å². The predicted molar refractivity (Wildman–Crippen MR) is 112 cm³/mol. The molecule has 3 aromatic heterocycles. The van der Waals surface area contributed by atoms with Crippen molar-refractivity contribution >= 4 is 43.1 Å². The van der Waals surface area contributed by atoms with Gasteiger partial charge in [0.15, 0.2) is 0 Å². The highest BCUT2D eigenvalue weighted by Crippen LogP contribution is 2.44. The fourth-order valence-electron chi connectivity index (χ4n) is 4.38. The highest BCUT2D eigenvalue weighted by molar-refractivity contribution is 7.85. The molecule has 1 atom stereocenters. The summed E-state index contributed by atoms with van der Waals surface area (Å²) in [4.78, 5) is 14.4. The van der Waals surface area contributed by atoms with Crippen LogP contribution in [0.2, 0.25) is 0 Å². The third-order valence-corrected chi connectivity index (χ3v) is 6.94. The van der Waals surface area contributed by atoms with Crippen molar-refractivity contribution in [1.82, 2.24) is 15.0 Å². The molecule has 0 saturated carbocycles. The van der Waals surface area contributed by atoms with E-state index in [1.54, 1.807) is 6.20 Å². The molecule has 1 aliphatic heterocycles. The lowest BCUT2D eigenvalue weighted by Crippen LogP contribution is -2.07. The van der Waals surface area contributed by atoms with Crippen LogP contribution in [0.15, 0.2) is 64.8 Å². The summed E-state index contributed by atoms with van der Waals surface area (Å²) in [5.74, 6) is 0. The number of hydrogen-bond donors (Lipinski definition) is 0. The molecule has 0 amide bonds. The molecule has 4 heterocycles. The van der Waals surface area contributed by atoms with Crippen molar-refractivity contribution in [2.75, 3.05) is 0 Å². The summed E-state index contributed by atoms with van der Waals surface area (Å²) in [6, 6.07) is 14.3. The minimum atomic E-state index is -1.34. The molecule has 5 heteroatoms. The predicted octanol–water partition coefficient (Wildman–Crippen LogP) is 5.10. The number of fused-ring (bicyclic) bond motifs is 6. The Balaban J connectivity index is 1.88. The van der Waals surface area contributed by atoms with Crippen molar-refractivity contribution in [2.24, 2.45) is 0 Å². The standard InChI is InChI=1S/C23H15N3OS/c1-12-10-18-14(13(2)26-12)5-6-15-16-7-9-24-22-17-4-3-8-25-23(17)28(27)20(21(16)22)11-19(15)18/h3-11H,1-2H3. The zero-order valence-electron chi connectivity index (χ0n) is 15.4. The monoisotopic (exact) mass is 381 g/mol. The Morgan fingerprint density at radius 2 is 1.64 bits per heavy atom. The number of rotatable bonds is 0. The molecule has 28 heavy (non-hydrogen) atoms. The zero-order chi connectivity index (χ0) is 19.0. The van der Waals surface area contributed by atoms with Crippen molar-refractivity contribution in [1.29, 1.82) is 0 Å². The van der Waals surface area contributed by atoms with Gasteiger partial charge in [-0.1, -0.05) is 12.1 Å².